The molecule has 5 heteroatoms. The van der Waals surface area contributed by atoms with Crippen molar-refractivity contribution in [3.8, 4) is 0 Å². The highest BCUT2D eigenvalue weighted by molar-refractivity contribution is 6.31. The Kier molecular flexibility index (Phi) is 5.16. The smallest absolute Gasteiger partial charge is 0.224 e. The molecule has 2 aromatic rings. The molecule has 0 aliphatic carbocycles. The summed E-state index contributed by atoms with van der Waals surface area (Å²) in [6.45, 7) is 0.417. The van der Waals surface area contributed by atoms with E-state index in [0.717, 1.165) is 16.8 Å². The van der Waals surface area contributed by atoms with Crippen LogP contribution in [0, 0.1) is 0 Å². The molecule has 1 atom stereocenters. The molecule has 1 heterocycles. The Morgan fingerprint density at radius 3 is 2.75 bits per heavy atom. The maximum absolute atomic E-state index is 12.1. The molecule has 124 valence electrons. The number of benzene rings is 2. The highest BCUT2D eigenvalue weighted by Crippen LogP contribution is 2.34. The lowest BCUT2D eigenvalue weighted by molar-refractivity contribution is -0.122. The van der Waals surface area contributed by atoms with Crippen molar-refractivity contribution >= 4 is 29.1 Å². The number of nitrogens with one attached hydrogen (secondary N) is 2. The predicted molar refractivity (Wildman–Crippen MR) is 95.0 cm³/mol. The summed E-state index contributed by atoms with van der Waals surface area (Å²) >= 11 is 6.08. The molecule has 1 unspecified atom stereocenters. The Morgan fingerprint density at radius 1 is 1.17 bits per heavy atom. The van der Waals surface area contributed by atoms with Crippen LogP contribution in [-0.2, 0) is 16.1 Å². The first-order chi connectivity index (χ1) is 11.6. The summed E-state index contributed by atoms with van der Waals surface area (Å²) in [5, 5.41) is 6.42. The summed E-state index contributed by atoms with van der Waals surface area (Å²) in [4.78, 5) is 23.9. The summed E-state index contributed by atoms with van der Waals surface area (Å²) in [6.07, 6.45) is 1.46. The lowest BCUT2D eigenvalue weighted by atomic mass is 9.87. The molecular weight excluding hydrogens is 324 g/mol. The third kappa shape index (κ3) is 3.95. The molecule has 2 aromatic carbocycles. The van der Waals surface area contributed by atoms with Gasteiger partial charge in [-0.05, 0) is 35.6 Å². The zero-order valence-corrected chi connectivity index (χ0v) is 14.0. The van der Waals surface area contributed by atoms with E-state index >= 15 is 0 Å². The van der Waals surface area contributed by atoms with Crippen LogP contribution >= 0.6 is 11.6 Å². The topological polar surface area (TPSA) is 58.2 Å². The largest absolute Gasteiger partial charge is 0.352 e. The van der Waals surface area contributed by atoms with Crippen LogP contribution < -0.4 is 10.6 Å². The second-order valence-electron chi connectivity index (χ2n) is 5.94. The van der Waals surface area contributed by atoms with Gasteiger partial charge in [-0.3, -0.25) is 9.59 Å². The number of halogens is 1. The molecule has 1 aliphatic heterocycles. The van der Waals surface area contributed by atoms with Crippen molar-refractivity contribution in [2.75, 3.05) is 5.32 Å². The average Bonchev–Trinajstić information content (AvgIpc) is 2.58. The molecule has 4 nitrogen and oxygen atoms in total. The van der Waals surface area contributed by atoms with E-state index in [0.29, 0.717) is 30.8 Å². The van der Waals surface area contributed by atoms with E-state index in [2.05, 4.69) is 10.6 Å². The molecular formula is C19H19ClN2O2. The maximum atomic E-state index is 12.1. The van der Waals surface area contributed by atoms with E-state index in [-0.39, 0.29) is 17.7 Å². The van der Waals surface area contributed by atoms with Gasteiger partial charge in [-0.1, -0.05) is 48.0 Å². The normalized spacial score (nSPS) is 16.2. The Balaban J connectivity index is 1.55. The Bertz CT molecular complexity index is 761. The maximum Gasteiger partial charge on any atom is 0.224 e. The first kappa shape index (κ1) is 16.5. The number of para-hydroxylation sites is 1. The van der Waals surface area contributed by atoms with Crippen molar-refractivity contribution in [2.45, 2.75) is 31.7 Å². The van der Waals surface area contributed by atoms with Crippen LogP contribution in [0.4, 0.5) is 5.69 Å². The Labute approximate surface area is 146 Å². The number of hydrogen-bond acceptors (Lipinski definition) is 2. The van der Waals surface area contributed by atoms with E-state index in [1.807, 2.05) is 42.5 Å². The number of hydrogen-bond donors (Lipinski definition) is 2. The molecule has 0 saturated carbocycles. The van der Waals surface area contributed by atoms with Crippen LogP contribution in [0.1, 0.15) is 36.3 Å². The minimum absolute atomic E-state index is 0.00942. The number of fused-ring (bicyclic) bond motifs is 1. The lowest BCUT2D eigenvalue weighted by Crippen LogP contribution is -2.26. The standard InChI is InChI=1S/C19H19ClN2O2/c20-16-7-3-1-5-14(16)12-21-18(23)10-9-13-11-19(24)22-17-8-4-2-6-15(13)17/h1-8,13H,9-12H2,(H,21,23)(H,22,24). The van der Waals surface area contributed by atoms with Gasteiger partial charge in [0.05, 0.1) is 0 Å². The number of anilines is 1. The first-order valence-electron chi connectivity index (χ1n) is 8.02. The minimum atomic E-state index is -0.0293. The molecule has 0 aromatic heterocycles. The van der Waals surface area contributed by atoms with Gasteiger partial charge in [0.15, 0.2) is 0 Å². The van der Waals surface area contributed by atoms with E-state index in [4.69, 9.17) is 11.6 Å². The van der Waals surface area contributed by atoms with Gasteiger partial charge in [-0.15, -0.1) is 0 Å². The van der Waals surface area contributed by atoms with Gasteiger partial charge >= 0.3 is 0 Å². The van der Waals surface area contributed by atoms with Crippen molar-refractivity contribution < 1.29 is 9.59 Å². The summed E-state index contributed by atoms with van der Waals surface area (Å²) in [5.41, 5.74) is 2.86. The van der Waals surface area contributed by atoms with Gasteiger partial charge in [0, 0.05) is 30.1 Å². The van der Waals surface area contributed by atoms with Gasteiger partial charge in [-0.2, -0.15) is 0 Å². The van der Waals surface area contributed by atoms with Gasteiger partial charge < -0.3 is 10.6 Å². The molecule has 1 aliphatic rings. The number of rotatable bonds is 5. The van der Waals surface area contributed by atoms with Gasteiger partial charge in [0.1, 0.15) is 0 Å². The van der Waals surface area contributed by atoms with Crippen LogP contribution in [0.5, 0.6) is 0 Å². The predicted octanol–water partition coefficient (Wildman–Crippen LogP) is 3.86. The number of carbonyl (C=O) groups is 2. The van der Waals surface area contributed by atoms with Crippen molar-refractivity contribution in [1.82, 2.24) is 5.32 Å². The molecule has 2 amide bonds. The summed E-state index contributed by atoms with van der Waals surface area (Å²) in [5.74, 6) is 0.0644. The van der Waals surface area contributed by atoms with E-state index in [9.17, 15) is 9.59 Å². The van der Waals surface area contributed by atoms with Crippen molar-refractivity contribution in [3.05, 3.63) is 64.7 Å². The monoisotopic (exact) mass is 342 g/mol. The number of amides is 2. The Hall–Kier alpha value is -2.33. The SMILES string of the molecule is O=C(CCC1CC(=O)Nc2ccccc21)NCc1ccccc1Cl. The van der Waals surface area contributed by atoms with E-state index in [1.54, 1.807) is 6.07 Å². The quantitative estimate of drug-likeness (QED) is 0.866. The fourth-order valence-electron chi connectivity index (χ4n) is 2.99. The molecule has 0 spiro atoms. The van der Waals surface area contributed by atoms with Gasteiger partial charge in [-0.25, -0.2) is 0 Å². The lowest BCUT2D eigenvalue weighted by Gasteiger charge is -2.25. The van der Waals surface area contributed by atoms with Crippen molar-refractivity contribution in [2.24, 2.45) is 0 Å². The fraction of sp³-hybridized carbons (Fsp3) is 0.263. The van der Waals surface area contributed by atoms with Crippen molar-refractivity contribution in [3.63, 3.8) is 0 Å². The molecule has 2 N–H and O–H groups in total. The Morgan fingerprint density at radius 2 is 1.92 bits per heavy atom. The van der Waals surface area contributed by atoms with Gasteiger partial charge in [0.25, 0.3) is 0 Å². The zero-order valence-electron chi connectivity index (χ0n) is 13.2. The van der Waals surface area contributed by atoms with E-state index in [1.165, 1.54) is 0 Å². The average molecular weight is 343 g/mol. The molecule has 0 saturated heterocycles. The summed E-state index contributed by atoms with van der Waals surface area (Å²) in [7, 11) is 0. The van der Waals surface area contributed by atoms with Crippen LogP contribution in [0.25, 0.3) is 0 Å². The van der Waals surface area contributed by atoms with E-state index < -0.39 is 0 Å². The molecule has 0 fully saturated rings. The summed E-state index contributed by atoms with van der Waals surface area (Å²) < 4.78 is 0. The first-order valence-corrected chi connectivity index (χ1v) is 8.40. The molecule has 0 bridgehead atoms. The second-order valence-corrected chi connectivity index (χ2v) is 6.35. The zero-order chi connectivity index (χ0) is 16.9. The van der Waals surface area contributed by atoms with Crippen LogP contribution in [0.15, 0.2) is 48.5 Å². The van der Waals surface area contributed by atoms with Crippen molar-refractivity contribution in [1.29, 1.82) is 0 Å². The van der Waals surface area contributed by atoms with Gasteiger partial charge in [0.2, 0.25) is 11.8 Å². The summed E-state index contributed by atoms with van der Waals surface area (Å²) in [6, 6.07) is 15.2. The second kappa shape index (κ2) is 7.49. The van der Waals surface area contributed by atoms with Crippen LogP contribution in [0.3, 0.4) is 0 Å². The third-order valence-corrected chi connectivity index (χ3v) is 4.63. The third-order valence-electron chi connectivity index (χ3n) is 4.26. The highest BCUT2D eigenvalue weighted by atomic mass is 35.5. The molecule has 3 rings (SSSR count). The highest BCUT2D eigenvalue weighted by Gasteiger charge is 2.25. The molecule has 24 heavy (non-hydrogen) atoms. The number of carbonyl (C=O) groups excluding carboxylic acids is 2. The molecule has 0 radical (unpaired) electrons. The van der Waals surface area contributed by atoms with Crippen LogP contribution in [-0.4, -0.2) is 11.8 Å². The minimum Gasteiger partial charge on any atom is -0.352 e. The van der Waals surface area contributed by atoms with Crippen LogP contribution in [0.2, 0.25) is 5.02 Å². The fourth-order valence-corrected chi connectivity index (χ4v) is 3.19.